The topological polar surface area (TPSA) is 90.9 Å². The fourth-order valence-electron chi connectivity index (χ4n) is 3.10. The first-order valence-corrected chi connectivity index (χ1v) is 10.6. The van der Waals surface area contributed by atoms with Gasteiger partial charge in [0.05, 0.1) is 17.6 Å². The number of aromatic nitrogens is 2. The molecule has 0 atom stereocenters. The van der Waals surface area contributed by atoms with Crippen LogP contribution in [0.15, 0.2) is 18.5 Å². The lowest BCUT2D eigenvalue weighted by atomic mass is 10.1. The van der Waals surface area contributed by atoms with Gasteiger partial charge < -0.3 is 24.8 Å². The lowest BCUT2D eigenvalue weighted by Crippen LogP contribution is -2.50. The van der Waals surface area contributed by atoms with Gasteiger partial charge in [-0.2, -0.15) is 0 Å². The summed E-state index contributed by atoms with van der Waals surface area (Å²) in [6, 6.07) is 1.79. The maximum atomic E-state index is 12.5. The van der Waals surface area contributed by atoms with Gasteiger partial charge in [-0.15, -0.1) is 11.3 Å². The standard InChI is InChI=1S/C19H24N6O3S2/c1-12-13(17(27)28-4)15(30-14(12)16(26)23(2)3)22-19(29)25-10-8-24(9-11-25)18-20-6-5-7-21-18/h5-7H,8-11H2,1-4H3,(H,22,29). The highest BCUT2D eigenvalue weighted by molar-refractivity contribution is 7.80. The van der Waals surface area contributed by atoms with E-state index in [9.17, 15) is 9.59 Å². The molecule has 1 saturated heterocycles. The van der Waals surface area contributed by atoms with E-state index in [1.54, 1.807) is 39.5 Å². The summed E-state index contributed by atoms with van der Waals surface area (Å²) in [6.07, 6.45) is 3.45. The van der Waals surface area contributed by atoms with E-state index >= 15 is 0 Å². The number of nitrogens with one attached hydrogen (secondary N) is 1. The van der Waals surface area contributed by atoms with Gasteiger partial charge in [-0.3, -0.25) is 4.79 Å². The minimum absolute atomic E-state index is 0.168. The summed E-state index contributed by atoms with van der Waals surface area (Å²) in [5.74, 6) is 0.0284. The number of piperazine rings is 1. The summed E-state index contributed by atoms with van der Waals surface area (Å²) >= 11 is 6.80. The first-order valence-electron chi connectivity index (χ1n) is 9.34. The number of anilines is 2. The SMILES string of the molecule is COC(=O)c1c(NC(=S)N2CCN(c3ncccn3)CC2)sc(C(=O)N(C)C)c1C. The Morgan fingerprint density at radius 1 is 1.20 bits per heavy atom. The lowest BCUT2D eigenvalue weighted by Gasteiger charge is -2.36. The Balaban J connectivity index is 1.74. The van der Waals surface area contributed by atoms with Crippen LogP contribution >= 0.6 is 23.6 Å². The number of carbonyl (C=O) groups is 2. The summed E-state index contributed by atoms with van der Waals surface area (Å²) in [5.41, 5.74) is 0.924. The molecule has 0 radical (unpaired) electrons. The molecule has 0 aliphatic carbocycles. The molecule has 0 aromatic carbocycles. The van der Waals surface area contributed by atoms with E-state index in [0.717, 1.165) is 13.1 Å². The van der Waals surface area contributed by atoms with Gasteiger partial charge in [0.15, 0.2) is 5.11 Å². The second kappa shape index (κ2) is 9.35. The van der Waals surface area contributed by atoms with Crippen LogP contribution < -0.4 is 10.2 Å². The Labute approximate surface area is 184 Å². The fourth-order valence-corrected chi connectivity index (χ4v) is 4.66. The van der Waals surface area contributed by atoms with Crippen molar-refractivity contribution in [1.82, 2.24) is 19.8 Å². The van der Waals surface area contributed by atoms with Crippen LogP contribution in [-0.4, -0.2) is 84.1 Å². The number of rotatable bonds is 4. The van der Waals surface area contributed by atoms with Crippen molar-refractivity contribution in [2.75, 3.05) is 57.6 Å². The molecule has 9 nitrogen and oxygen atoms in total. The summed E-state index contributed by atoms with van der Waals surface area (Å²) in [7, 11) is 4.67. The molecule has 3 rings (SSSR count). The van der Waals surface area contributed by atoms with Crippen molar-refractivity contribution in [3.05, 3.63) is 34.5 Å². The average Bonchev–Trinajstić information content (AvgIpc) is 3.08. The quantitative estimate of drug-likeness (QED) is 0.556. The van der Waals surface area contributed by atoms with E-state index in [-0.39, 0.29) is 5.91 Å². The first-order chi connectivity index (χ1) is 14.3. The molecule has 1 fully saturated rings. The van der Waals surface area contributed by atoms with Crippen LogP contribution in [0.25, 0.3) is 0 Å². The van der Waals surface area contributed by atoms with Crippen molar-refractivity contribution in [2.45, 2.75) is 6.92 Å². The Bertz CT molecular complexity index is 939. The highest BCUT2D eigenvalue weighted by Gasteiger charge is 2.28. The number of hydrogen-bond donors (Lipinski definition) is 1. The third kappa shape index (κ3) is 4.51. The molecule has 0 bridgehead atoms. The second-order valence-corrected chi connectivity index (χ2v) is 8.31. The van der Waals surface area contributed by atoms with Crippen LogP contribution in [-0.2, 0) is 4.74 Å². The molecule has 160 valence electrons. The number of nitrogens with zero attached hydrogens (tertiary/aromatic N) is 5. The molecule has 2 aromatic rings. The zero-order valence-corrected chi connectivity index (χ0v) is 19.0. The fraction of sp³-hybridized carbons (Fsp3) is 0.421. The molecule has 3 heterocycles. The zero-order chi connectivity index (χ0) is 21.8. The number of thiocarbonyl (C=S) groups is 1. The van der Waals surface area contributed by atoms with Gasteiger partial charge in [0.25, 0.3) is 5.91 Å². The Hall–Kier alpha value is -2.79. The van der Waals surface area contributed by atoms with E-state index in [1.807, 2.05) is 4.90 Å². The van der Waals surface area contributed by atoms with Crippen LogP contribution in [0.2, 0.25) is 0 Å². The molecule has 0 spiro atoms. The number of carbonyl (C=O) groups excluding carboxylic acids is 2. The molecule has 30 heavy (non-hydrogen) atoms. The molecule has 1 aliphatic heterocycles. The third-order valence-electron chi connectivity index (χ3n) is 4.76. The maximum Gasteiger partial charge on any atom is 0.341 e. The minimum Gasteiger partial charge on any atom is -0.465 e. The Kier molecular flexibility index (Phi) is 6.83. The van der Waals surface area contributed by atoms with Gasteiger partial charge in [-0.25, -0.2) is 14.8 Å². The Morgan fingerprint density at radius 2 is 1.83 bits per heavy atom. The van der Waals surface area contributed by atoms with Gasteiger partial charge in [-0.1, -0.05) is 0 Å². The summed E-state index contributed by atoms with van der Waals surface area (Å²) in [5, 5.41) is 4.18. The number of esters is 1. The molecule has 1 aliphatic rings. The summed E-state index contributed by atoms with van der Waals surface area (Å²) in [4.78, 5) is 39.5. The van der Waals surface area contributed by atoms with Crippen molar-refractivity contribution in [3.63, 3.8) is 0 Å². The number of thiophene rings is 1. The maximum absolute atomic E-state index is 12.5. The van der Waals surface area contributed by atoms with Gasteiger partial charge in [0.2, 0.25) is 5.95 Å². The second-order valence-electron chi connectivity index (χ2n) is 6.90. The molecule has 0 unspecified atom stereocenters. The molecule has 1 N–H and O–H groups in total. The van der Waals surface area contributed by atoms with E-state index in [4.69, 9.17) is 17.0 Å². The normalized spacial score (nSPS) is 13.7. The number of amides is 1. The van der Waals surface area contributed by atoms with Crippen LogP contribution in [0.5, 0.6) is 0 Å². The van der Waals surface area contributed by atoms with Crippen molar-refractivity contribution < 1.29 is 14.3 Å². The largest absolute Gasteiger partial charge is 0.465 e. The van der Waals surface area contributed by atoms with Crippen LogP contribution in [0.3, 0.4) is 0 Å². The van der Waals surface area contributed by atoms with Gasteiger partial charge in [-0.05, 0) is 30.8 Å². The van der Waals surface area contributed by atoms with E-state index in [2.05, 4.69) is 20.2 Å². The zero-order valence-electron chi connectivity index (χ0n) is 17.3. The van der Waals surface area contributed by atoms with Crippen LogP contribution in [0.4, 0.5) is 10.9 Å². The molecular weight excluding hydrogens is 424 g/mol. The highest BCUT2D eigenvalue weighted by atomic mass is 32.1. The molecule has 0 saturated carbocycles. The van der Waals surface area contributed by atoms with Gasteiger partial charge >= 0.3 is 5.97 Å². The van der Waals surface area contributed by atoms with E-state index < -0.39 is 5.97 Å². The van der Waals surface area contributed by atoms with Crippen molar-refractivity contribution in [2.24, 2.45) is 0 Å². The molecule has 1 amide bonds. The monoisotopic (exact) mass is 448 g/mol. The molecular formula is C19H24N6O3S2. The van der Waals surface area contributed by atoms with Crippen molar-refractivity contribution in [1.29, 1.82) is 0 Å². The smallest absolute Gasteiger partial charge is 0.341 e. The number of ether oxygens (including phenoxy) is 1. The van der Waals surface area contributed by atoms with E-state index in [1.165, 1.54) is 23.3 Å². The lowest BCUT2D eigenvalue weighted by molar-refractivity contribution is 0.0601. The average molecular weight is 449 g/mol. The summed E-state index contributed by atoms with van der Waals surface area (Å²) in [6.45, 7) is 4.57. The van der Waals surface area contributed by atoms with Gasteiger partial charge in [0.1, 0.15) is 5.00 Å². The predicted octanol–water partition coefficient (Wildman–Crippen LogP) is 1.85. The first kappa shape index (κ1) is 21.9. The summed E-state index contributed by atoms with van der Waals surface area (Å²) < 4.78 is 4.93. The molecule has 2 aromatic heterocycles. The Morgan fingerprint density at radius 3 is 2.40 bits per heavy atom. The van der Waals surface area contributed by atoms with Crippen LogP contribution in [0.1, 0.15) is 25.6 Å². The highest BCUT2D eigenvalue weighted by Crippen LogP contribution is 2.34. The minimum atomic E-state index is -0.502. The third-order valence-corrected chi connectivity index (χ3v) is 6.31. The van der Waals surface area contributed by atoms with Gasteiger partial charge in [0, 0.05) is 52.7 Å². The van der Waals surface area contributed by atoms with Crippen molar-refractivity contribution in [3.8, 4) is 0 Å². The van der Waals surface area contributed by atoms with Crippen LogP contribution in [0, 0.1) is 6.92 Å². The van der Waals surface area contributed by atoms with Crippen molar-refractivity contribution >= 4 is 51.5 Å². The molecule has 11 heteroatoms. The predicted molar refractivity (Wildman–Crippen MR) is 120 cm³/mol. The number of methoxy groups -OCH3 is 1. The number of hydrogen-bond acceptors (Lipinski definition) is 8. The van der Waals surface area contributed by atoms with E-state index in [0.29, 0.717) is 45.2 Å².